The van der Waals surface area contributed by atoms with E-state index in [0.717, 1.165) is 31.3 Å². The highest BCUT2D eigenvalue weighted by Gasteiger charge is 2.69. The fraction of sp³-hybridized carbons (Fsp3) is 0.783. The Morgan fingerprint density at radius 1 is 1.18 bits per heavy atom. The van der Waals surface area contributed by atoms with E-state index >= 15 is 0 Å². The highest BCUT2D eigenvalue weighted by Crippen LogP contribution is 2.67. The zero-order valence-electron chi connectivity index (χ0n) is 17.4. The Morgan fingerprint density at radius 2 is 1.89 bits per heavy atom. The summed E-state index contributed by atoms with van der Waals surface area (Å²) < 4.78 is 4.97. The Kier molecular flexibility index (Phi) is 4.42. The van der Waals surface area contributed by atoms with Crippen LogP contribution in [0.3, 0.4) is 0 Å². The molecule has 5 heteroatoms. The first kappa shape index (κ1) is 19.8. The lowest BCUT2D eigenvalue weighted by molar-refractivity contribution is -0.195. The Balaban J connectivity index is 1.73. The lowest BCUT2D eigenvalue weighted by Crippen LogP contribution is -2.66. The minimum atomic E-state index is -1.09. The third kappa shape index (κ3) is 2.31. The second-order valence-electron chi connectivity index (χ2n) is 10.0. The maximum absolute atomic E-state index is 13.6. The first-order chi connectivity index (χ1) is 13.1. The van der Waals surface area contributed by atoms with E-state index in [2.05, 4.69) is 6.92 Å². The van der Waals surface area contributed by atoms with Crippen LogP contribution in [0.25, 0.3) is 0 Å². The van der Waals surface area contributed by atoms with Gasteiger partial charge in [0.15, 0.2) is 5.78 Å². The number of fused-ring (bicyclic) bond motifs is 5. The minimum Gasteiger partial charge on any atom is -0.469 e. The molecule has 0 saturated heterocycles. The van der Waals surface area contributed by atoms with Crippen molar-refractivity contribution in [2.75, 3.05) is 7.11 Å². The summed E-state index contributed by atoms with van der Waals surface area (Å²) in [5.41, 5.74) is -1.17. The van der Waals surface area contributed by atoms with Gasteiger partial charge < -0.3 is 9.84 Å². The van der Waals surface area contributed by atoms with Crippen LogP contribution in [0.2, 0.25) is 0 Å². The lowest BCUT2D eigenvalue weighted by atomic mass is 9.44. The monoisotopic (exact) mass is 388 g/mol. The summed E-state index contributed by atoms with van der Waals surface area (Å²) in [5.74, 6) is -0.306. The van der Waals surface area contributed by atoms with E-state index in [0.29, 0.717) is 12.8 Å². The summed E-state index contributed by atoms with van der Waals surface area (Å²) in [6, 6.07) is 0. The van der Waals surface area contributed by atoms with Crippen molar-refractivity contribution in [3.05, 3.63) is 11.6 Å². The molecule has 0 heterocycles. The van der Waals surface area contributed by atoms with E-state index in [4.69, 9.17) is 4.74 Å². The van der Waals surface area contributed by atoms with Crippen molar-refractivity contribution in [3.63, 3.8) is 0 Å². The molecule has 0 bridgehead atoms. The van der Waals surface area contributed by atoms with Gasteiger partial charge in [-0.05, 0) is 55.9 Å². The molecule has 0 amide bonds. The molecule has 7 unspecified atom stereocenters. The van der Waals surface area contributed by atoms with E-state index in [1.54, 1.807) is 6.08 Å². The number of carbonyl (C=O) groups excluding carboxylic acids is 3. The van der Waals surface area contributed by atoms with Crippen LogP contribution in [0.1, 0.15) is 65.7 Å². The van der Waals surface area contributed by atoms with Crippen LogP contribution in [-0.4, -0.2) is 35.4 Å². The van der Waals surface area contributed by atoms with Gasteiger partial charge >= 0.3 is 5.97 Å². The van der Waals surface area contributed by atoms with E-state index in [1.165, 1.54) is 7.11 Å². The normalized spacial score (nSPS) is 46.2. The van der Waals surface area contributed by atoms with Crippen LogP contribution in [0.4, 0.5) is 0 Å². The van der Waals surface area contributed by atoms with Gasteiger partial charge in [-0.1, -0.05) is 26.3 Å². The molecule has 3 saturated carbocycles. The number of methoxy groups -OCH3 is 1. The van der Waals surface area contributed by atoms with E-state index in [9.17, 15) is 19.5 Å². The van der Waals surface area contributed by atoms with Crippen LogP contribution in [-0.2, 0) is 19.1 Å². The van der Waals surface area contributed by atoms with Gasteiger partial charge in [0.25, 0.3) is 0 Å². The smallest absolute Gasteiger partial charge is 0.308 e. The van der Waals surface area contributed by atoms with Crippen molar-refractivity contribution in [1.29, 1.82) is 0 Å². The average Bonchev–Trinajstić information content (AvgIpc) is 3.01. The second-order valence-corrected chi connectivity index (χ2v) is 10.0. The minimum absolute atomic E-state index is 0.0281. The molecule has 28 heavy (non-hydrogen) atoms. The predicted molar refractivity (Wildman–Crippen MR) is 103 cm³/mol. The van der Waals surface area contributed by atoms with Crippen molar-refractivity contribution < 1.29 is 24.2 Å². The first-order valence-corrected chi connectivity index (χ1v) is 10.7. The summed E-state index contributed by atoms with van der Waals surface area (Å²) in [6.07, 6.45) is 6.19. The number of aliphatic hydroxyl groups is 1. The maximum atomic E-state index is 13.6. The molecule has 4 aliphatic carbocycles. The number of carbonyl (C=O) groups is 3. The first-order valence-electron chi connectivity index (χ1n) is 10.7. The van der Waals surface area contributed by atoms with Crippen LogP contribution >= 0.6 is 0 Å². The number of rotatable bonds is 2. The fourth-order valence-electron chi connectivity index (χ4n) is 7.44. The van der Waals surface area contributed by atoms with Gasteiger partial charge in [-0.25, -0.2) is 0 Å². The van der Waals surface area contributed by atoms with Crippen LogP contribution in [0.15, 0.2) is 11.6 Å². The number of ether oxygens (including phenoxy) is 1. The summed E-state index contributed by atoms with van der Waals surface area (Å²) in [4.78, 5) is 37.7. The topological polar surface area (TPSA) is 80.7 Å². The van der Waals surface area contributed by atoms with Gasteiger partial charge in [-0.3, -0.25) is 14.4 Å². The van der Waals surface area contributed by atoms with E-state index in [-0.39, 0.29) is 47.6 Å². The van der Waals surface area contributed by atoms with Gasteiger partial charge in [-0.2, -0.15) is 0 Å². The van der Waals surface area contributed by atoms with Crippen LogP contribution < -0.4 is 0 Å². The number of hydrogen-bond acceptors (Lipinski definition) is 5. The Bertz CT molecular complexity index is 769. The number of Topliss-reactive ketones (excluding diaryl/α,β-unsaturated/α-hetero) is 1. The molecule has 7 atom stereocenters. The van der Waals surface area contributed by atoms with Crippen molar-refractivity contribution in [2.45, 2.75) is 71.3 Å². The molecule has 3 fully saturated rings. The quantitative estimate of drug-likeness (QED) is 0.735. The molecule has 0 aromatic rings. The summed E-state index contributed by atoms with van der Waals surface area (Å²) in [6.45, 7) is 5.94. The number of ketones is 2. The molecule has 1 N–H and O–H groups in total. The second kappa shape index (κ2) is 6.25. The molecule has 0 aliphatic heterocycles. The molecule has 5 nitrogen and oxygen atoms in total. The van der Waals surface area contributed by atoms with Gasteiger partial charge in [0, 0.05) is 23.7 Å². The molecule has 4 aliphatic rings. The highest BCUT2D eigenvalue weighted by molar-refractivity contribution is 5.92. The standard InChI is InChI=1S/C23H32O5/c1-13(20(26)28-4)16-7-8-17-18-6-5-14-11-15(24)9-10-21(14,2)23(18,27)12-19(25)22(16,17)3/h11,13,16-18,27H,5-10,12H2,1-4H3. The third-order valence-electron chi connectivity index (χ3n) is 9.23. The summed E-state index contributed by atoms with van der Waals surface area (Å²) in [7, 11) is 1.40. The van der Waals surface area contributed by atoms with Crippen molar-refractivity contribution >= 4 is 17.5 Å². The maximum Gasteiger partial charge on any atom is 0.308 e. The zero-order valence-corrected chi connectivity index (χ0v) is 17.4. The van der Waals surface area contributed by atoms with Crippen molar-refractivity contribution in [2.24, 2.45) is 34.5 Å². The van der Waals surface area contributed by atoms with E-state index < -0.39 is 16.4 Å². The van der Waals surface area contributed by atoms with Crippen molar-refractivity contribution in [3.8, 4) is 0 Å². The SMILES string of the molecule is COC(=O)C(C)C1CCC2C3CCC4=CC(=O)CCC4(C)C3(O)CC(=O)C12C. The van der Waals surface area contributed by atoms with Crippen molar-refractivity contribution in [1.82, 2.24) is 0 Å². The predicted octanol–water partition coefficient (Wildman–Crippen LogP) is 3.24. The fourth-order valence-corrected chi connectivity index (χ4v) is 7.44. The van der Waals surface area contributed by atoms with Crippen LogP contribution in [0.5, 0.6) is 0 Å². The molecule has 0 aromatic heterocycles. The number of esters is 1. The Labute approximate surface area is 166 Å². The molecule has 154 valence electrons. The van der Waals surface area contributed by atoms with Gasteiger partial charge in [0.1, 0.15) is 5.78 Å². The Hall–Kier alpha value is -1.49. The van der Waals surface area contributed by atoms with Gasteiger partial charge in [-0.15, -0.1) is 0 Å². The highest BCUT2D eigenvalue weighted by atomic mass is 16.5. The van der Waals surface area contributed by atoms with Gasteiger partial charge in [0.05, 0.1) is 18.6 Å². The molecular formula is C23H32O5. The largest absolute Gasteiger partial charge is 0.469 e. The average molecular weight is 389 g/mol. The Morgan fingerprint density at radius 3 is 2.57 bits per heavy atom. The molecule has 0 radical (unpaired) electrons. The van der Waals surface area contributed by atoms with Crippen LogP contribution in [0, 0.1) is 34.5 Å². The third-order valence-corrected chi connectivity index (χ3v) is 9.23. The molecule has 0 aromatic carbocycles. The van der Waals surface area contributed by atoms with Gasteiger partial charge in [0.2, 0.25) is 0 Å². The van der Waals surface area contributed by atoms with E-state index in [1.807, 2.05) is 13.8 Å². The molecular weight excluding hydrogens is 356 g/mol. The number of hydrogen-bond donors (Lipinski definition) is 1. The molecule has 4 rings (SSSR count). The molecule has 0 spiro atoms. The lowest BCUT2D eigenvalue weighted by Gasteiger charge is -2.62. The summed E-state index contributed by atoms with van der Waals surface area (Å²) in [5, 5.41) is 12.0. The zero-order chi connectivity index (χ0) is 20.5. The summed E-state index contributed by atoms with van der Waals surface area (Å²) >= 11 is 0.